The number of nitrogens with two attached hydrogens (primary N) is 2. The van der Waals surface area contributed by atoms with Gasteiger partial charge in [0.25, 0.3) is 0 Å². The molecule has 0 saturated carbocycles. The lowest BCUT2D eigenvalue weighted by Crippen LogP contribution is -2.30. The Balaban J connectivity index is 1.34. The number of hydrogen-bond donors (Lipinski definition) is 2. The lowest BCUT2D eigenvalue weighted by molar-refractivity contribution is 0.144. The van der Waals surface area contributed by atoms with Gasteiger partial charge in [-0.05, 0) is 41.8 Å². The zero-order valence-electron chi connectivity index (χ0n) is 22.3. The zero-order chi connectivity index (χ0) is 27.2. The molecule has 4 aromatic rings. The van der Waals surface area contributed by atoms with Crippen LogP contribution in [0.5, 0.6) is 17.2 Å². The number of aromatic nitrogens is 1. The first kappa shape index (κ1) is 26.3. The van der Waals surface area contributed by atoms with Crippen LogP contribution in [0.3, 0.4) is 0 Å². The molecule has 1 aromatic heterocycles. The number of nitrogen functional groups attached to an aromatic ring is 1. The Labute approximate surface area is 228 Å². The smallest absolute Gasteiger partial charge is 0.168 e. The summed E-state index contributed by atoms with van der Waals surface area (Å²) in [7, 11) is 3.29. The van der Waals surface area contributed by atoms with Gasteiger partial charge < -0.3 is 35.3 Å². The highest BCUT2D eigenvalue weighted by molar-refractivity contribution is 6.03. The summed E-state index contributed by atoms with van der Waals surface area (Å²) in [6, 6.07) is 18.0. The average Bonchev–Trinajstić information content (AvgIpc) is 2.96. The van der Waals surface area contributed by atoms with Crippen molar-refractivity contribution in [1.29, 1.82) is 0 Å². The van der Waals surface area contributed by atoms with Gasteiger partial charge in [-0.25, -0.2) is 0 Å². The predicted molar refractivity (Wildman–Crippen MR) is 155 cm³/mol. The first-order valence-electron chi connectivity index (χ1n) is 12.9. The fourth-order valence-electron chi connectivity index (χ4n) is 4.82. The highest BCUT2D eigenvalue weighted by atomic mass is 16.5. The Morgan fingerprint density at radius 1 is 0.974 bits per heavy atom. The van der Waals surface area contributed by atoms with Gasteiger partial charge >= 0.3 is 0 Å². The summed E-state index contributed by atoms with van der Waals surface area (Å²) >= 11 is 0. The van der Waals surface area contributed by atoms with Gasteiger partial charge in [0.2, 0.25) is 0 Å². The first-order valence-corrected chi connectivity index (χ1v) is 12.9. The summed E-state index contributed by atoms with van der Waals surface area (Å²) in [6.07, 6.45) is 8.33. The number of fused-ring (bicyclic) bond motifs is 2. The molecule has 0 fully saturated rings. The van der Waals surface area contributed by atoms with Crippen molar-refractivity contribution < 1.29 is 18.9 Å². The number of benzene rings is 3. The van der Waals surface area contributed by atoms with Crippen molar-refractivity contribution in [2.45, 2.75) is 19.0 Å². The summed E-state index contributed by atoms with van der Waals surface area (Å²) in [5.74, 6) is 1.99. The maximum Gasteiger partial charge on any atom is 0.168 e. The molecule has 0 aliphatic carbocycles. The Morgan fingerprint density at radius 2 is 1.82 bits per heavy atom. The molecule has 4 N–H and O–H groups in total. The van der Waals surface area contributed by atoms with Crippen LogP contribution in [-0.2, 0) is 17.7 Å². The van der Waals surface area contributed by atoms with Gasteiger partial charge in [-0.1, -0.05) is 30.3 Å². The topological polar surface area (TPSA) is 105 Å². The summed E-state index contributed by atoms with van der Waals surface area (Å²) < 4.78 is 22.8. The minimum Gasteiger partial charge on any atom is -0.492 e. The Bertz CT molecular complexity index is 1460. The summed E-state index contributed by atoms with van der Waals surface area (Å²) in [5.41, 5.74) is 17.8. The highest BCUT2D eigenvalue weighted by Crippen LogP contribution is 2.42. The number of nitrogens with zero attached hydrogens (tertiary/aromatic N) is 2. The molecule has 0 saturated heterocycles. The number of rotatable bonds is 11. The molecule has 0 bridgehead atoms. The van der Waals surface area contributed by atoms with E-state index in [1.165, 1.54) is 5.56 Å². The van der Waals surface area contributed by atoms with Crippen molar-refractivity contribution >= 4 is 28.2 Å². The van der Waals surface area contributed by atoms with Crippen LogP contribution in [0.15, 0.2) is 73.2 Å². The normalized spacial score (nSPS) is 13.3. The van der Waals surface area contributed by atoms with Crippen molar-refractivity contribution in [3.63, 3.8) is 0 Å². The molecule has 39 heavy (non-hydrogen) atoms. The van der Waals surface area contributed by atoms with Gasteiger partial charge in [0.05, 0.1) is 31.8 Å². The Morgan fingerprint density at radius 3 is 2.62 bits per heavy atom. The first-order chi connectivity index (χ1) is 19.1. The third kappa shape index (κ3) is 5.92. The molecular weight excluding hydrogens is 492 g/mol. The summed E-state index contributed by atoms with van der Waals surface area (Å²) in [6.45, 7) is 1.93. The molecule has 202 valence electrons. The van der Waals surface area contributed by atoms with Crippen LogP contribution in [0.4, 0.5) is 11.4 Å². The summed E-state index contributed by atoms with van der Waals surface area (Å²) in [5, 5.41) is 1.83. The van der Waals surface area contributed by atoms with Crippen molar-refractivity contribution in [2.24, 2.45) is 5.73 Å². The van der Waals surface area contributed by atoms with E-state index in [9.17, 15) is 0 Å². The van der Waals surface area contributed by atoms with Crippen LogP contribution in [0.2, 0.25) is 0 Å². The van der Waals surface area contributed by atoms with Crippen molar-refractivity contribution in [3.05, 3.63) is 89.9 Å². The molecular formula is C31H34N4O4. The monoisotopic (exact) mass is 526 g/mol. The van der Waals surface area contributed by atoms with E-state index in [2.05, 4.69) is 28.1 Å². The van der Waals surface area contributed by atoms with Gasteiger partial charge in [0.1, 0.15) is 19.0 Å². The molecule has 2 heterocycles. The lowest BCUT2D eigenvalue weighted by Gasteiger charge is -2.27. The fourth-order valence-corrected chi connectivity index (χ4v) is 4.82. The molecule has 8 heteroatoms. The van der Waals surface area contributed by atoms with Crippen LogP contribution in [0.25, 0.3) is 16.8 Å². The summed E-state index contributed by atoms with van der Waals surface area (Å²) in [4.78, 5) is 6.52. The van der Waals surface area contributed by atoms with E-state index in [-0.39, 0.29) is 6.04 Å². The van der Waals surface area contributed by atoms with E-state index in [4.69, 9.17) is 30.4 Å². The molecule has 1 aliphatic rings. The fraction of sp³-hybridized carbons (Fsp3) is 0.258. The number of ether oxygens (including phenoxy) is 4. The standard InChI is InChI=1S/C31H34N4O4/c1-36-12-13-38-29-9-8-27-28(31(29)37-2)15-22-19-35(11-10-26(22)30(27)33)24-16-25(18-34-17-24)39-20-23(32)14-21-6-4-3-5-7-21/h3-11,15-18,23H,12-14,19-20,32-33H2,1-2H3/t23-/m1/s1. The minimum absolute atomic E-state index is 0.118. The Hall–Kier alpha value is -4.27. The van der Waals surface area contributed by atoms with Crippen LogP contribution >= 0.6 is 0 Å². The second-order valence-electron chi connectivity index (χ2n) is 9.48. The van der Waals surface area contributed by atoms with Crippen LogP contribution in [0.1, 0.15) is 16.7 Å². The van der Waals surface area contributed by atoms with E-state index in [0.29, 0.717) is 49.3 Å². The number of pyridine rings is 1. The molecule has 8 nitrogen and oxygen atoms in total. The van der Waals surface area contributed by atoms with Gasteiger partial charge in [-0.3, -0.25) is 4.98 Å². The van der Waals surface area contributed by atoms with Gasteiger partial charge in [-0.2, -0.15) is 0 Å². The third-order valence-electron chi connectivity index (χ3n) is 6.75. The van der Waals surface area contributed by atoms with E-state index >= 15 is 0 Å². The van der Waals surface area contributed by atoms with Gasteiger partial charge in [0.15, 0.2) is 11.5 Å². The predicted octanol–water partition coefficient (Wildman–Crippen LogP) is 4.79. The molecule has 0 amide bonds. The molecule has 5 rings (SSSR count). The molecule has 0 unspecified atom stereocenters. The average molecular weight is 527 g/mol. The largest absolute Gasteiger partial charge is 0.492 e. The lowest BCUT2D eigenvalue weighted by atomic mass is 9.95. The minimum atomic E-state index is -0.118. The van der Waals surface area contributed by atoms with E-state index < -0.39 is 0 Å². The molecule has 0 radical (unpaired) electrons. The molecule has 0 spiro atoms. The highest BCUT2D eigenvalue weighted by Gasteiger charge is 2.20. The third-order valence-corrected chi connectivity index (χ3v) is 6.75. The van der Waals surface area contributed by atoms with Crippen LogP contribution in [0, 0.1) is 0 Å². The van der Waals surface area contributed by atoms with Crippen LogP contribution < -0.4 is 30.6 Å². The zero-order valence-corrected chi connectivity index (χ0v) is 22.3. The second-order valence-corrected chi connectivity index (χ2v) is 9.48. The Kier molecular flexibility index (Phi) is 8.15. The maximum atomic E-state index is 6.64. The van der Waals surface area contributed by atoms with Crippen molar-refractivity contribution in [2.75, 3.05) is 44.7 Å². The molecule has 1 atom stereocenters. The van der Waals surface area contributed by atoms with Crippen molar-refractivity contribution in [1.82, 2.24) is 4.98 Å². The SMILES string of the molecule is COCCOc1ccc2c(N)c3c(cc2c1OC)CN(c1cncc(OC[C@H](N)Cc2ccccc2)c1)C=C3. The van der Waals surface area contributed by atoms with E-state index in [0.717, 1.165) is 34.0 Å². The number of methoxy groups -OCH3 is 2. The maximum absolute atomic E-state index is 6.64. The van der Waals surface area contributed by atoms with Crippen LogP contribution in [-0.4, -0.2) is 45.1 Å². The van der Waals surface area contributed by atoms with E-state index in [1.807, 2.05) is 54.9 Å². The number of hydrogen-bond acceptors (Lipinski definition) is 8. The molecule has 3 aromatic carbocycles. The van der Waals surface area contributed by atoms with E-state index in [1.54, 1.807) is 20.4 Å². The molecule has 1 aliphatic heterocycles. The quantitative estimate of drug-likeness (QED) is 0.212. The second kappa shape index (κ2) is 12.1. The van der Waals surface area contributed by atoms with Crippen molar-refractivity contribution in [3.8, 4) is 17.2 Å². The van der Waals surface area contributed by atoms with Gasteiger partial charge in [0, 0.05) is 54.0 Å². The van der Waals surface area contributed by atoms with Gasteiger partial charge in [-0.15, -0.1) is 0 Å². The number of anilines is 2.